The minimum absolute atomic E-state index is 0.0739. The average molecular weight is 540 g/mol. The van der Waals surface area contributed by atoms with Crippen molar-refractivity contribution in [3.8, 4) is 11.5 Å². The molecule has 0 radical (unpaired) electrons. The van der Waals surface area contributed by atoms with Crippen molar-refractivity contribution >= 4 is 33.4 Å². The first-order valence-electron chi connectivity index (χ1n) is 10.8. The molecule has 6 nitrogen and oxygen atoms in total. The number of hydrogen-bond acceptors (Lipinski definition) is 5. The third-order valence-electron chi connectivity index (χ3n) is 5.91. The average Bonchev–Trinajstić information content (AvgIpc) is 3.12. The first-order valence-corrected chi connectivity index (χ1v) is 11.6. The zero-order valence-corrected chi connectivity index (χ0v) is 20.7. The number of benzene rings is 3. The highest BCUT2D eigenvalue weighted by Crippen LogP contribution is 2.40. The summed E-state index contributed by atoms with van der Waals surface area (Å²) in [5, 5.41) is 11.1. The van der Waals surface area contributed by atoms with E-state index in [1.807, 2.05) is 6.07 Å². The van der Waals surface area contributed by atoms with Crippen LogP contribution in [-0.4, -0.2) is 42.5 Å². The zero-order valence-electron chi connectivity index (χ0n) is 19.1. The molecular weight excluding hydrogens is 517 g/mol. The molecule has 3 aromatic rings. The Morgan fingerprint density at radius 3 is 2.37 bits per heavy atom. The van der Waals surface area contributed by atoms with Crippen molar-refractivity contribution in [3.63, 3.8) is 0 Å². The number of likely N-dealkylation sites (tertiary alicyclic amines) is 1. The fraction of sp³-hybridized carbons (Fsp3) is 0.185. The van der Waals surface area contributed by atoms with Crippen molar-refractivity contribution in [2.75, 3.05) is 20.8 Å². The van der Waals surface area contributed by atoms with E-state index < -0.39 is 23.5 Å². The summed E-state index contributed by atoms with van der Waals surface area (Å²) in [6.45, 7) is 0.165. The van der Waals surface area contributed by atoms with Crippen LogP contribution in [0.4, 0.5) is 4.39 Å². The number of rotatable bonds is 7. The van der Waals surface area contributed by atoms with Crippen molar-refractivity contribution in [3.05, 3.63) is 99.3 Å². The van der Waals surface area contributed by atoms with E-state index in [0.717, 1.165) is 10.0 Å². The molecule has 3 aromatic carbocycles. The molecule has 35 heavy (non-hydrogen) atoms. The Morgan fingerprint density at radius 1 is 1.00 bits per heavy atom. The number of ether oxygens (including phenoxy) is 2. The lowest BCUT2D eigenvalue weighted by Gasteiger charge is -2.25. The lowest BCUT2D eigenvalue weighted by Crippen LogP contribution is -2.31. The fourth-order valence-electron chi connectivity index (χ4n) is 4.18. The van der Waals surface area contributed by atoms with Crippen molar-refractivity contribution in [2.45, 2.75) is 12.5 Å². The normalized spacial score (nSPS) is 17.0. The number of aliphatic hydroxyl groups excluding tert-OH is 1. The van der Waals surface area contributed by atoms with Gasteiger partial charge in [0.05, 0.1) is 25.8 Å². The molecule has 8 heteroatoms. The van der Waals surface area contributed by atoms with Crippen molar-refractivity contribution in [2.24, 2.45) is 0 Å². The van der Waals surface area contributed by atoms with E-state index in [1.54, 1.807) is 49.6 Å². The van der Waals surface area contributed by atoms with Crippen LogP contribution in [0.2, 0.25) is 0 Å². The standard InChI is InChI=1S/C27H23BrFNO5/c1-34-21-11-6-16(14-22(21)35-2)12-13-30-24(18-4-3-5-20(29)15-18)23(26(32)27(30)33)25(31)17-7-9-19(28)10-8-17/h3-11,14-15,24,31H,12-13H2,1-2H3/t24-/m0/s1. The molecule has 0 aliphatic carbocycles. The number of aliphatic hydroxyl groups is 1. The molecule has 1 heterocycles. The summed E-state index contributed by atoms with van der Waals surface area (Å²) in [6.07, 6.45) is 0.400. The van der Waals surface area contributed by atoms with Gasteiger partial charge in [-0.15, -0.1) is 0 Å². The van der Waals surface area contributed by atoms with E-state index in [2.05, 4.69) is 15.9 Å². The number of ketones is 1. The van der Waals surface area contributed by atoms with E-state index in [1.165, 1.54) is 30.2 Å². The summed E-state index contributed by atoms with van der Waals surface area (Å²) in [4.78, 5) is 27.6. The minimum atomic E-state index is -0.936. The molecule has 1 amide bonds. The van der Waals surface area contributed by atoms with Gasteiger partial charge in [-0.05, 0) is 53.9 Å². The number of carbonyl (C=O) groups excluding carboxylic acids is 2. The lowest BCUT2D eigenvalue weighted by molar-refractivity contribution is -0.139. The van der Waals surface area contributed by atoms with Gasteiger partial charge in [-0.25, -0.2) is 4.39 Å². The van der Waals surface area contributed by atoms with Gasteiger partial charge in [0.1, 0.15) is 11.6 Å². The molecule has 1 fully saturated rings. The summed E-state index contributed by atoms with van der Waals surface area (Å²) >= 11 is 3.34. The maximum atomic E-state index is 14.1. The minimum Gasteiger partial charge on any atom is -0.507 e. The number of Topliss-reactive ketones (excluding diaryl/α,β-unsaturated/α-hetero) is 1. The van der Waals surface area contributed by atoms with E-state index in [-0.39, 0.29) is 17.9 Å². The molecule has 1 N–H and O–H groups in total. The Labute approximate surface area is 210 Å². The molecular formula is C27H23BrFNO5. The molecule has 1 aliphatic heterocycles. The monoisotopic (exact) mass is 539 g/mol. The van der Waals surface area contributed by atoms with E-state index >= 15 is 0 Å². The number of halogens is 2. The Kier molecular flexibility index (Phi) is 7.21. The fourth-order valence-corrected chi connectivity index (χ4v) is 4.45. The number of carbonyl (C=O) groups is 2. The number of hydrogen-bond donors (Lipinski definition) is 1. The van der Waals surface area contributed by atoms with Crippen molar-refractivity contribution < 1.29 is 28.6 Å². The molecule has 4 rings (SSSR count). The maximum Gasteiger partial charge on any atom is 0.295 e. The predicted molar refractivity (Wildman–Crippen MR) is 133 cm³/mol. The van der Waals surface area contributed by atoms with E-state index in [9.17, 15) is 19.1 Å². The quantitative estimate of drug-likeness (QED) is 0.251. The van der Waals surface area contributed by atoms with Crippen LogP contribution in [0.5, 0.6) is 11.5 Å². The summed E-state index contributed by atoms with van der Waals surface area (Å²) in [5.74, 6) is -1.25. The van der Waals surface area contributed by atoms with Gasteiger partial charge in [-0.2, -0.15) is 0 Å². The van der Waals surface area contributed by atoms with Crippen LogP contribution in [0.15, 0.2) is 76.8 Å². The Bertz CT molecular complexity index is 1310. The van der Waals surface area contributed by atoms with E-state index in [0.29, 0.717) is 29.0 Å². The smallest absolute Gasteiger partial charge is 0.295 e. The van der Waals surface area contributed by atoms with Crippen molar-refractivity contribution in [1.82, 2.24) is 4.90 Å². The van der Waals surface area contributed by atoms with Crippen LogP contribution in [0, 0.1) is 5.82 Å². The zero-order chi connectivity index (χ0) is 25.1. The van der Waals surface area contributed by atoms with Crippen LogP contribution in [0.25, 0.3) is 5.76 Å². The van der Waals surface area contributed by atoms with Crippen LogP contribution in [0.3, 0.4) is 0 Å². The van der Waals surface area contributed by atoms with Gasteiger partial charge in [0, 0.05) is 16.6 Å². The summed E-state index contributed by atoms with van der Waals surface area (Å²) in [6, 6.07) is 16.9. The van der Waals surface area contributed by atoms with Gasteiger partial charge >= 0.3 is 0 Å². The second-order valence-electron chi connectivity index (χ2n) is 7.99. The Morgan fingerprint density at radius 2 is 1.71 bits per heavy atom. The number of amides is 1. The van der Waals surface area contributed by atoms with Gasteiger partial charge in [0.15, 0.2) is 11.5 Å². The van der Waals surface area contributed by atoms with Crippen LogP contribution < -0.4 is 9.47 Å². The highest BCUT2D eigenvalue weighted by atomic mass is 79.9. The summed E-state index contributed by atoms with van der Waals surface area (Å²) in [5.41, 5.74) is 1.56. The van der Waals surface area contributed by atoms with Gasteiger partial charge in [0.25, 0.3) is 11.7 Å². The third-order valence-corrected chi connectivity index (χ3v) is 6.44. The summed E-state index contributed by atoms with van der Waals surface area (Å²) < 4.78 is 25.6. The van der Waals surface area contributed by atoms with Gasteiger partial charge < -0.3 is 19.5 Å². The van der Waals surface area contributed by atoms with Crippen LogP contribution in [0.1, 0.15) is 22.7 Å². The van der Waals surface area contributed by atoms with Crippen molar-refractivity contribution in [1.29, 1.82) is 0 Å². The highest BCUT2D eigenvalue weighted by molar-refractivity contribution is 9.10. The highest BCUT2D eigenvalue weighted by Gasteiger charge is 2.45. The molecule has 1 saturated heterocycles. The molecule has 180 valence electrons. The first kappa shape index (κ1) is 24.5. The lowest BCUT2D eigenvalue weighted by atomic mass is 9.95. The SMILES string of the molecule is COc1ccc(CCN2C(=O)C(=O)C(=C(O)c3ccc(Br)cc3)[C@@H]2c2cccc(F)c2)cc1OC. The number of methoxy groups -OCH3 is 2. The Balaban J connectivity index is 1.74. The number of nitrogens with zero attached hydrogens (tertiary/aromatic N) is 1. The second kappa shape index (κ2) is 10.3. The van der Waals surface area contributed by atoms with Gasteiger partial charge in [0.2, 0.25) is 0 Å². The molecule has 0 unspecified atom stereocenters. The van der Waals surface area contributed by atoms with Gasteiger partial charge in [-0.1, -0.05) is 46.3 Å². The molecule has 0 aromatic heterocycles. The largest absolute Gasteiger partial charge is 0.507 e. The topological polar surface area (TPSA) is 76.1 Å². The first-order chi connectivity index (χ1) is 16.8. The molecule has 1 aliphatic rings. The second-order valence-corrected chi connectivity index (χ2v) is 8.91. The molecule has 0 bridgehead atoms. The van der Waals surface area contributed by atoms with Crippen LogP contribution >= 0.6 is 15.9 Å². The van der Waals surface area contributed by atoms with E-state index in [4.69, 9.17) is 9.47 Å². The molecule has 1 atom stereocenters. The van der Waals surface area contributed by atoms with Crippen LogP contribution in [-0.2, 0) is 16.0 Å². The third kappa shape index (κ3) is 4.93. The summed E-state index contributed by atoms with van der Waals surface area (Å²) in [7, 11) is 3.08. The predicted octanol–water partition coefficient (Wildman–Crippen LogP) is 5.27. The Hall–Kier alpha value is -3.65. The molecule has 0 spiro atoms. The maximum absolute atomic E-state index is 14.1. The molecule has 0 saturated carbocycles. The van der Waals surface area contributed by atoms with Gasteiger partial charge in [-0.3, -0.25) is 9.59 Å².